The number of aromatic nitrogens is 2. The van der Waals surface area contributed by atoms with Crippen molar-refractivity contribution >= 4 is 40.6 Å². The zero-order valence-electron chi connectivity index (χ0n) is 14.3. The number of rotatable bonds is 4. The van der Waals surface area contributed by atoms with Gasteiger partial charge in [0.2, 0.25) is 5.91 Å². The van der Waals surface area contributed by atoms with Crippen LogP contribution in [-0.4, -0.2) is 52.5 Å². The van der Waals surface area contributed by atoms with E-state index in [1.807, 2.05) is 13.0 Å². The number of nitrogens with zero attached hydrogens (tertiary/aromatic N) is 4. The van der Waals surface area contributed by atoms with Crippen molar-refractivity contribution in [2.75, 3.05) is 29.9 Å². The molecule has 0 spiro atoms. The molecule has 1 amide bonds. The van der Waals surface area contributed by atoms with Crippen LogP contribution in [-0.2, 0) is 4.79 Å². The number of fused-ring (bicyclic) bond motifs is 2. The number of carbonyl (C=O) groups excluding carboxylic acids is 1. The maximum atomic E-state index is 12.4. The fourth-order valence-corrected chi connectivity index (χ4v) is 4.27. The normalized spacial score (nSPS) is 22.0. The van der Waals surface area contributed by atoms with E-state index >= 15 is 0 Å². The Hall–Kier alpha value is -1.89. The van der Waals surface area contributed by atoms with E-state index < -0.39 is 0 Å². The van der Waals surface area contributed by atoms with Crippen LogP contribution in [0.15, 0.2) is 30.5 Å². The van der Waals surface area contributed by atoms with Crippen molar-refractivity contribution in [1.82, 2.24) is 14.9 Å². The van der Waals surface area contributed by atoms with Gasteiger partial charge in [0.25, 0.3) is 0 Å². The number of amides is 1. The number of piperidine rings is 1. The molecule has 1 aromatic heterocycles. The molecule has 2 aromatic rings. The number of carbonyl (C=O) groups is 1. The minimum atomic E-state index is -0.0515. The Morgan fingerprint density at radius 1 is 1.23 bits per heavy atom. The summed E-state index contributed by atoms with van der Waals surface area (Å²) < 4.78 is 0. The number of anilines is 2. The van der Waals surface area contributed by atoms with E-state index in [1.54, 1.807) is 24.4 Å². The van der Waals surface area contributed by atoms with Crippen molar-refractivity contribution in [3.8, 4) is 0 Å². The Morgan fingerprint density at radius 3 is 2.58 bits per heavy atom. The van der Waals surface area contributed by atoms with Crippen LogP contribution in [0.2, 0.25) is 10.0 Å². The summed E-state index contributed by atoms with van der Waals surface area (Å²) in [5.41, 5.74) is 0.622. The zero-order chi connectivity index (χ0) is 18.3. The van der Waals surface area contributed by atoms with Gasteiger partial charge < -0.3 is 10.2 Å². The summed E-state index contributed by atoms with van der Waals surface area (Å²) >= 11 is 12.0. The van der Waals surface area contributed by atoms with E-state index in [0.29, 0.717) is 34.4 Å². The number of nitrogens with one attached hydrogen (secondary N) is 1. The number of hydrogen-bond acceptors (Lipinski definition) is 5. The first-order valence-corrected chi connectivity index (χ1v) is 9.30. The van der Waals surface area contributed by atoms with Gasteiger partial charge in [0.05, 0.1) is 6.54 Å². The van der Waals surface area contributed by atoms with Crippen molar-refractivity contribution in [3.63, 3.8) is 0 Å². The monoisotopic (exact) mass is 391 g/mol. The first-order valence-electron chi connectivity index (χ1n) is 8.54. The van der Waals surface area contributed by atoms with Gasteiger partial charge in [0, 0.05) is 47.1 Å². The Balaban J connectivity index is 1.35. The van der Waals surface area contributed by atoms with Crippen LogP contribution >= 0.6 is 23.2 Å². The Morgan fingerprint density at radius 2 is 1.92 bits per heavy atom. The van der Waals surface area contributed by atoms with Gasteiger partial charge in [-0.3, -0.25) is 9.69 Å². The number of halogens is 2. The Kier molecular flexibility index (Phi) is 4.73. The molecule has 1 N–H and O–H groups in total. The molecule has 3 aliphatic rings. The third kappa shape index (κ3) is 3.63. The third-order valence-electron chi connectivity index (χ3n) is 4.90. The molecule has 2 atom stereocenters. The highest BCUT2D eigenvalue weighted by atomic mass is 35.5. The van der Waals surface area contributed by atoms with Gasteiger partial charge in [0.15, 0.2) is 0 Å². The molecule has 0 aliphatic carbocycles. The maximum Gasteiger partial charge on any atom is 0.238 e. The average Bonchev–Trinajstić information content (AvgIpc) is 2.59. The van der Waals surface area contributed by atoms with Crippen molar-refractivity contribution in [2.24, 2.45) is 0 Å². The molecule has 2 unspecified atom stereocenters. The highest BCUT2D eigenvalue weighted by Crippen LogP contribution is 2.33. The zero-order valence-corrected chi connectivity index (χ0v) is 15.8. The summed E-state index contributed by atoms with van der Waals surface area (Å²) in [5.74, 6) is 1.69. The second kappa shape index (κ2) is 7.02. The van der Waals surface area contributed by atoms with Gasteiger partial charge in [-0.05, 0) is 37.6 Å². The van der Waals surface area contributed by atoms with Gasteiger partial charge in [-0.2, -0.15) is 0 Å². The molecule has 136 valence electrons. The van der Waals surface area contributed by atoms with Gasteiger partial charge in [-0.1, -0.05) is 23.2 Å². The summed E-state index contributed by atoms with van der Waals surface area (Å²) in [6.45, 7) is 4.02. The minimum Gasteiger partial charge on any atom is -0.353 e. The van der Waals surface area contributed by atoms with Crippen molar-refractivity contribution in [1.29, 1.82) is 0 Å². The summed E-state index contributed by atoms with van der Waals surface area (Å²) in [6, 6.07) is 7.72. The van der Waals surface area contributed by atoms with Gasteiger partial charge >= 0.3 is 0 Å². The molecule has 3 saturated heterocycles. The molecule has 1 aromatic carbocycles. The molecule has 5 rings (SSSR count). The first-order chi connectivity index (χ1) is 12.5. The summed E-state index contributed by atoms with van der Waals surface area (Å²) in [4.78, 5) is 25.6. The number of piperazine rings is 1. The molecular formula is C18H19Cl2N5O. The molecule has 0 saturated carbocycles. The standard InChI is InChI=1S/C18H19Cl2N5O/c1-11-21-3-2-17(22-11)24-8-15-7-16(9-24)25(15)10-18(26)23-14-5-12(19)4-13(20)6-14/h2-6,15-16H,7-10H2,1H3,(H,23,26). The predicted octanol–water partition coefficient (Wildman–Crippen LogP) is 2.99. The number of aryl methyl sites for hydroxylation is 1. The molecule has 0 radical (unpaired) electrons. The van der Waals surface area contributed by atoms with E-state index in [1.165, 1.54) is 0 Å². The highest BCUT2D eigenvalue weighted by molar-refractivity contribution is 6.35. The van der Waals surface area contributed by atoms with Crippen LogP contribution in [0.1, 0.15) is 12.2 Å². The first kappa shape index (κ1) is 17.5. The van der Waals surface area contributed by atoms with E-state index in [4.69, 9.17) is 23.2 Å². The van der Waals surface area contributed by atoms with Crippen LogP contribution in [0.4, 0.5) is 11.5 Å². The lowest BCUT2D eigenvalue weighted by Crippen LogP contribution is -2.69. The SMILES string of the molecule is Cc1nccc(N2CC3CC(C2)N3CC(=O)Nc2cc(Cl)cc(Cl)c2)n1. The molecule has 6 nitrogen and oxygen atoms in total. The van der Waals surface area contributed by atoms with Gasteiger partial charge in [0.1, 0.15) is 11.6 Å². The molecule has 8 heteroatoms. The lowest BCUT2D eigenvalue weighted by atomic mass is 9.87. The summed E-state index contributed by atoms with van der Waals surface area (Å²) in [5, 5.41) is 3.89. The molecular weight excluding hydrogens is 373 g/mol. The molecule has 26 heavy (non-hydrogen) atoms. The lowest BCUT2D eigenvalue weighted by Gasteiger charge is -2.56. The second-order valence-electron chi connectivity index (χ2n) is 6.79. The molecule has 3 fully saturated rings. The van der Waals surface area contributed by atoms with E-state index in [-0.39, 0.29) is 5.91 Å². The second-order valence-corrected chi connectivity index (χ2v) is 7.66. The fraction of sp³-hybridized carbons (Fsp3) is 0.389. The third-order valence-corrected chi connectivity index (χ3v) is 5.34. The summed E-state index contributed by atoms with van der Waals surface area (Å²) in [6.07, 6.45) is 2.91. The number of benzene rings is 1. The van der Waals surface area contributed by atoms with Crippen molar-refractivity contribution in [2.45, 2.75) is 25.4 Å². The molecule has 4 heterocycles. The van der Waals surface area contributed by atoms with Gasteiger partial charge in [-0.15, -0.1) is 0 Å². The smallest absolute Gasteiger partial charge is 0.238 e. The Bertz CT molecular complexity index is 814. The number of hydrogen-bond donors (Lipinski definition) is 1. The quantitative estimate of drug-likeness (QED) is 0.867. The minimum absolute atomic E-state index is 0.0515. The lowest BCUT2D eigenvalue weighted by molar-refractivity contribution is -0.121. The summed E-state index contributed by atoms with van der Waals surface area (Å²) in [7, 11) is 0. The molecule has 3 aliphatic heterocycles. The van der Waals surface area contributed by atoms with Crippen LogP contribution in [0.3, 0.4) is 0 Å². The molecule has 2 bridgehead atoms. The van der Waals surface area contributed by atoms with E-state index in [9.17, 15) is 4.79 Å². The Labute approximate surface area is 162 Å². The van der Waals surface area contributed by atoms with Crippen molar-refractivity contribution < 1.29 is 4.79 Å². The maximum absolute atomic E-state index is 12.4. The van der Waals surface area contributed by atoms with E-state index in [2.05, 4.69) is 25.1 Å². The van der Waals surface area contributed by atoms with Gasteiger partial charge in [-0.25, -0.2) is 9.97 Å². The largest absolute Gasteiger partial charge is 0.353 e. The average molecular weight is 392 g/mol. The topological polar surface area (TPSA) is 61.4 Å². The fourth-order valence-electron chi connectivity index (χ4n) is 3.74. The van der Waals surface area contributed by atoms with Crippen LogP contribution in [0.5, 0.6) is 0 Å². The highest BCUT2D eigenvalue weighted by Gasteiger charge is 2.45. The van der Waals surface area contributed by atoms with E-state index in [0.717, 1.165) is 31.2 Å². The predicted molar refractivity (Wildman–Crippen MR) is 103 cm³/mol. The van der Waals surface area contributed by atoms with Crippen LogP contribution in [0.25, 0.3) is 0 Å². The van der Waals surface area contributed by atoms with Crippen LogP contribution in [0, 0.1) is 6.92 Å². The van der Waals surface area contributed by atoms with Crippen molar-refractivity contribution in [3.05, 3.63) is 46.3 Å². The van der Waals surface area contributed by atoms with Crippen LogP contribution < -0.4 is 10.2 Å².